The second-order valence-electron chi connectivity index (χ2n) is 3.93. The third kappa shape index (κ3) is 2.88. The summed E-state index contributed by atoms with van der Waals surface area (Å²) in [6, 6.07) is 5.62. The van der Waals surface area contributed by atoms with Crippen molar-refractivity contribution in [2.24, 2.45) is 0 Å². The van der Waals surface area contributed by atoms with Gasteiger partial charge in [-0.1, -0.05) is 12.2 Å². The van der Waals surface area contributed by atoms with Crippen LogP contribution in [0.2, 0.25) is 0 Å². The molecule has 5 heteroatoms. The Morgan fingerprint density at radius 1 is 0.850 bits per heavy atom. The average Bonchev–Trinajstić information content (AvgIpc) is 2.52. The molecular formula is C15H16N2O3. The lowest BCUT2D eigenvalue weighted by Gasteiger charge is -2.13. The molecule has 0 saturated heterocycles. The Hall–Kier alpha value is -2.56. The van der Waals surface area contributed by atoms with Crippen LogP contribution in [0.5, 0.6) is 17.2 Å². The standard InChI is InChI=1S/C15H16N2O3/c1-18-13-7-6-12(14(19-2)15(13)20-3)5-4-11-8-9-16-17-10-11/h4-10H,1-3H3/b5-4+. The van der Waals surface area contributed by atoms with Gasteiger partial charge in [-0.2, -0.15) is 10.2 Å². The number of hydrogen-bond donors (Lipinski definition) is 0. The normalized spacial score (nSPS) is 10.6. The minimum absolute atomic E-state index is 0.574. The van der Waals surface area contributed by atoms with Crippen molar-refractivity contribution in [1.29, 1.82) is 0 Å². The number of hydrogen-bond acceptors (Lipinski definition) is 5. The lowest BCUT2D eigenvalue weighted by Crippen LogP contribution is -1.96. The van der Waals surface area contributed by atoms with E-state index in [9.17, 15) is 0 Å². The molecule has 0 aliphatic heterocycles. The molecule has 0 amide bonds. The number of rotatable bonds is 5. The van der Waals surface area contributed by atoms with Crippen LogP contribution in [-0.4, -0.2) is 31.5 Å². The molecule has 0 fully saturated rings. The third-order valence-electron chi connectivity index (χ3n) is 2.80. The monoisotopic (exact) mass is 272 g/mol. The van der Waals surface area contributed by atoms with Crippen molar-refractivity contribution in [2.75, 3.05) is 21.3 Å². The zero-order chi connectivity index (χ0) is 14.4. The molecule has 2 rings (SSSR count). The fourth-order valence-corrected chi connectivity index (χ4v) is 1.84. The smallest absolute Gasteiger partial charge is 0.203 e. The Labute approximate surface area is 117 Å². The Balaban J connectivity index is 2.39. The van der Waals surface area contributed by atoms with Crippen LogP contribution in [0.25, 0.3) is 12.2 Å². The van der Waals surface area contributed by atoms with E-state index in [1.54, 1.807) is 33.7 Å². The molecule has 1 heterocycles. The van der Waals surface area contributed by atoms with Gasteiger partial charge in [-0.15, -0.1) is 0 Å². The third-order valence-corrected chi connectivity index (χ3v) is 2.80. The fourth-order valence-electron chi connectivity index (χ4n) is 1.84. The van der Waals surface area contributed by atoms with Crippen molar-refractivity contribution >= 4 is 12.2 Å². The largest absolute Gasteiger partial charge is 0.493 e. The van der Waals surface area contributed by atoms with Crippen molar-refractivity contribution in [1.82, 2.24) is 10.2 Å². The first-order chi connectivity index (χ1) is 9.80. The van der Waals surface area contributed by atoms with Crippen LogP contribution in [0, 0.1) is 0 Å². The summed E-state index contributed by atoms with van der Waals surface area (Å²) >= 11 is 0. The van der Waals surface area contributed by atoms with Crippen LogP contribution >= 0.6 is 0 Å². The SMILES string of the molecule is COc1ccc(/C=C/c2ccnnc2)c(OC)c1OC. The van der Waals surface area contributed by atoms with E-state index in [0.29, 0.717) is 17.2 Å². The molecule has 0 radical (unpaired) electrons. The van der Waals surface area contributed by atoms with Gasteiger partial charge in [0.25, 0.3) is 0 Å². The maximum absolute atomic E-state index is 5.41. The van der Waals surface area contributed by atoms with E-state index in [4.69, 9.17) is 14.2 Å². The molecule has 1 aromatic heterocycles. The van der Waals surface area contributed by atoms with Crippen molar-refractivity contribution in [3.8, 4) is 17.2 Å². The molecule has 0 aliphatic rings. The molecule has 0 aliphatic carbocycles. The molecule has 0 spiro atoms. The molecule has 104 valence electrons. The maximum atomic E-state index is 5.41. The molecule has 2 aromatic rings. The van der Waals surface area contributed by atoms with Gasteiger partial charge in [0.05, 0.1) is 33.7 Å². The van der Waals surface area contributed by atoms with E-state index < -0.39 is 0 Å². The highest BCUT2D eigenvalue weighted by Gasteiger charge is 2.13. The summed E-state index contributed by atoms with van der Waals surface area (Å²) in [5, 5.41) is 7.56. The van der Waals surface area contributed by atoms with Crippen molar-refractivity contribution in [2.45, 2.75) is 0 Å². The summed E-state index contributed by atoms with van der Waals surface area (Å²) in [6.45, 7) is 0. The fraction of sp³-hybridized carbons (Fsp3) is 0.200. The van der Waals surface area contributed by atoms with Crippen LogP contribution in [0.3, 0.4) is 0 Å². The lowest BCUT2D eigenvalue weighted by atomic mass is 10.1. The Morgan fingerprint density at radius 2 is 1.65 bits per heavy atom. The molecule has 0 unspecified atom stereocenters. The number of ether oxygens (including phenoxy) is 3. The summed E-state index contributed by atoms with van der Waals surface area (Å²) in [4.78, 5) is 0. The summed E-state index contributed by atoms with van der Waals surface area (Å²) in [5.41, 5.74) is 1.85. The zero-order valence-electron chi connectivity index (χ0n) is 11.7. The minimum atomic E-state index is 0.574. The van der Waals surface area contributed by atoms with Gasteiger partial charge < -0.3 is 14.2 Å². The summed E-state index contributed by atoms with van der Waals surface area (Å²) in [5.74, 6) is 1.84. The van der Waals surface area contributed by atoms with Gasteiger partial charge in [0.2, 0.25) is 5.75 Å². The van der Waals surface area contributed by atoms with E-state index in [1.807, 2.05) is 30.4 Å². The number of aromatic nitrogens is 2. The van der Waals surface area contributed by atoms with Crippen LogP contribution in [-0.2, 0) is 0 Å². The van der Waals surface area contributed by atoms with E-state index in [0.717, 1.165) is 11.1 Å². The van der Waals surface area contributed by atoms with Gasteiger partial charge in [0.1, 0.15) is 0 Å². The minimum Gasteiger partial charge on any atom is -0.493 e. The van der Waals surface area contributed by atoms with Gasteiger partial charge in [-0.05, 0) is 23.8 Å². The average molecular weight is 272 g/mol. The van der Waals surface area contributed by atoms with Crippen molar-refractivity contribution in [3.05, 3.63) is 41.7 Å². The zero-order valence-corrected chi connectivity index (χ0v) is 11.7. The van der Waals surface area contributed by atoms with Crippen LogP contribution < -0.4 is 14.2 Å². The van der Waals surface area contributed by atoms with Gasteiger partial charge in [0.15, 0.2) is 11.5 Å². The first-order valence-electron chi connectivity index (χ1n) is 6.04. The maximum Gasteiger partial charge on any atom is 0.203 e. The highest BCUT2D eigenvalue weighted by molar-refractivity contribution is 5.75. The molecular weight excluding hydrogens is 256 g/mol. The van der Waals surface area contributed by atoms with Gasteiger partial charge in [-0.3, -0.25) is 0 Å². The first-order valence-corrected chi connectivity index (χ1v) is 6.04. The molecule has 0 bridgehead atoms. The Bertz CT molecular complexity index is 598. The predicted molar refractivity (Wildman–Crippen MR) is 77.1 cm³/mol. The van der Waals surface area contributed by atoms with Crippen molar-refractivity contribution in [3.63, 3.8) is 0 Å². The Morgan fingerprint density at radius 3 is 2.25 bits per heavy atom. The second kappa shape index (κ2) is 6.56. The molecule has 0 atom stereocenters. The van der Waals surface area contributed by atoms with E-state index in [1.165, 1.54) is 0 Å². The summed E-state index contributed by atoms with van der Waals surface area (Å²) in [6.07, 6.45) is 7.19. The quantitative estimate of drug-likeness (QED) is 0.837. The summed E-state index contributed by atoms with van der Waals surface area (Å²) < 4.78 is 16.0. The van der Waals surface area contributed by atoms with Crippen molar-refractivity contribution < 1.29 is 14.2 Å². The van der Waals surface area contributed by atoms with Crippen LogP contribution in [0.1, 0.15) is 11.1 Å². The number of methoxy groups -OCH3 is 3. The first kappa shape index (κ1) is 13.9. The van der Waals surface area contributed by atoms with Gasteiger partial charge >= 0.3 is 0 Å². The second-order valence-corrected chi connectivity index (χ2v) is 3.93. The predicted octanol–water partition coefficient (Wildman–Crippen LogP) is 2.67. The number of benzene rings is 1. The number of nitrogens with zero attached hydrogens (tertiary/aromatic N) is 2. The van der Waals surface area contributed by atoms with Gasteiger partial charge in [-0.25, -0.2) is 0 Å². The molecule has 1 aromatic carbocycles. The molecule has 5 nitrogen and oxygen atoms in total. The molecule has 20 heavy (non-hydrogen) atoms. The van der Waals surface area contributed by atoms with E-state index >= 15 is 0 Å². The lowest BCUT2D eigenvalue weighted by molar-refractivity contribution is 0.324. The highest BCUT2D eigenvalue weighted by atomic mass is 16.5. The Kier molecular flexibility index (Phi) is 4.55. The van der Waals surface area contributed by atoms with E-state index in [2.05, 4.69) is 10.2 Å². The van der Waals surface area contributed by atoms with Gasteiger partial charge in [0, 0.05) is 5.56 Å². The topological polar surface area (TPSA) is 53.5 Å². The highest BCUT2D eigenvalue weighted by Crippen LogP contribution is 2.40. The van der Waals surface area contributed by atoms with Crippen LogP contribution in [0.4, 0.5) is 0 Å². The van der Waals surface area contributed by atoms with Crippen LogP contribution in [0.15, 0.2) is 30.6 Å². The summed E-state index contributed by atoms with van der Waals surface area (Å²) in [7, 11) is 4.78. The molecule has 0 N–H and O–H groups in total. The molecule has 0 saturated carbocycles. The van der Waals surface area contributed by atoms with E-state index in [-0.39, 0.29) is 0 Å².